The molecule has 0 saturated carbocycles. The van der Waals surface area contributed by atoms with Crippen molar-refractivity contribution >= 4 is 5.65 Å². The van der Waals surface area contributed by atoms with Crippen molar-refractivity contribution in [1.29, 1.82) is 0 Å². The maximum Gasteiger partial charge on any atom is 0.231 e. The summed E-state index contributed by atoms with van der Waals surface area (Å²) >= 11 is 0. The highest BCUT2D eigenvalue weighted by Crippen LogP contribution is 2.35. The summed E-state index contributed by atoms with van der Waals surface area (Å²) in [6.45, 7) is 0.798. The summed E-state index contributed by atoms with van der Waals surface area (Å²) in [4.78, 5) is 4.63. The zero-order valence-electron chi connectivity index (χ0n) is 10.7. The van der Waals surface area contributed by atoms with Crippen LogP contribution in [0.4, 0.5) is 0 Å². The van der Waals surface area contributed by atoms with Crippen molar-refractivity contribution < 1.29 is 9.47 Å². The second-order valence-corrected chi connectivity index (χ2v) is 4.70. The monoisotopic (exact) mass is 267 g/mol. The van der Waals surface area contributed by atoms with Gasteiger partial charge in [0, 0.05) is 24.5 Å². The minimum atomic E-state index is 0.282. The third-order valence-corrected chi connectivity index (χ3v) is 3.43. The maximum atomic E-state index is 5.65. The first-order valence-electron chi connectivity index (χ1n) is 6.41. The number of rotatable bonds is 2. The van der Waals surface area contributed by atoms with Crippen molar-refractivity contribution in [3.63, 3.8) is 0 Å². The summed E-state index contributed by atoms with van der Waals surface area (Å²) in [7, 11) is 0. The molecule has 5 nitrogen and oxygen atoms in total. The topological polar surface area (TPSA) is 61.8 Å². The Morgan fingerprint density at radius 1 is 1.15 bits per heavy atom. The van der Waals surface area contributed by atoms with Crippen molar-refractivity contribution in [1.82, 2.24) is 9.38 Å². The summed E-state index contributed by atoms with van der Waals surface area (Å²) < 4.78 is 12.7. The van der Waals surface area contributed by atoms with Gasteiger partial charge in [0.05, 0.1) is 5.69 Å². The summed E-state index contributed by atoms with van der Waals surface area (Å²) in [5, 5.41) is 0. The van der Waals surface area contributed by atoms with Crippen molar-refractivity contribution in [2.45, 2.75) is 6.54 Å². The van der Waals surface area contributed by atoms with Gasteiger partial charge in [-0.15, -0.1) is 0 Å². The van der Waals surface area contributed by atoms with Crippen molar-refractivity contribution in [2.24, 2.45) is 5.73 Å². The molecule has 0 aliphatic carbocycles. The van der Waals surface area contributed by atoms with Crippen LogP contribution in [-0.4, -0.2) is 16.2 Å². The van der Waals surface area contributed by atoms with Crippen LogP contribution in [0, 0.1) is 0 Å². The minimum absolute atomic E-state index is 0.282. The van der Waals surface area contributed by atoms with Crippen molar-refractivity contribution in [3.05, 3.63) is 48.3 Å². The first-order valence-corrected chi connectivity index (χ1v) is 6.41. The molecule has 1 aliphatic heterocycles. The Morgan fingerprint density at radius 2 is 2.05 bits per heavy atom. The minimum Gasteiger partial charge on any atom is -0.454 e. The highest BCUT2D eigenvalue weighted by molar-refractivity contribution is 5.66. The Balaban J connectivity index is 1.81. The van der Waals surface area contributed by atoms with Crippen LogP contribution >= 0.6 is 0 Å². The number of hydrogen-bond donors (Lipinski definition) is 1. The molecule has 100 valence electrons. The van der Waals surface area contributed by atoms with E-state index in [1.807, 2.05) is 47.1 Å². The number of ether oxygens (including phenoxy) is 2. The molecule has 0 radical (unpaired) electrons. The van der Waals surface area contributed by atoms with Crippen LogP contribution in [0.15, 0.2) is 42.7 Å². The third-order valence-electron chi connectivity index (χ3n) is 3.43. The fourth-order valence-electron chi connectivity index (χ4n) is 2.35. The average molecular weight is 267 g/mol. The van der Waals surface area contributed by atoms with Crippen LogP contribution in [0.3, 0.4) is 0 Å². The van der Waals surface area contributed by atoms with E-state index >= 15 is 0 Å². The summed E-state index contributed by atoms with van der Waals surface area (Å²) in [6, 6.07) is 9.84. The van der Waals surface area contributed by atoms with Gasteiger partial charge in [-0.1, -0.05) is 0 Å². The molecule has 2 aromatic heterocycles. The standard InChI is InChI=1S/C15H13N3O2/c16-7-10-3-4-18-8-12(17-15(18)5-10)11-1-2-13-14(6-11)20-9-19-13/h1-6,8H,7,9,16H2. The van der Waals surface area contributed by atoms with E-state index in [1.165, 1.54) is 0 Å². The molecule has 0 amide bonds. The number of nitrogens with zero attached hydrogens (tertiary/aromatic N) is 2. The largest absolute Gasteiger partial charge is 0.454 e. The lowest BCUT2D eigenvalue weighted by molar-refractivity contribution is 0.174. The molecule has 5 heteroatoms. The van der Waals surface area contributed by atoms with E-state index in [1.54, 1.807) is 0 Å². The van der Waals surface area contributed by atoms with E-state index in [2.05, 4.69) is 4.98 Å². The fourth-order valence-corrected chi connectivity index (χ4v) is 2.35. The second-order valence-electron chi connectivity index (χ2n) is 4.70. The van der Waals surface area contributed by atoms with Gasteiger partial charge in [0.15, 0.2) is 11.5 Å². The zero-order valence-corrected chi connectivity index (χ0v) is 10.7. The van der Waals surface area contributed by atoms with Gasteiger partial charge in [0.1, 0.15) is 5.65 Å². The molecule has 0 atom stereocenters. The molecule has 2 N–H and O–H groups in total. The molecule has 0 fully saturated rings. The van der Waals surface area contributed by atoms with Crippen LogP contribution in [-0.2, 0) is 6.54 Å². The molecule has 0 bridgehead atoms. The average Bonchev–Trinajstić information content (AvgIpc) is 3.11. The van der Waals surface area contributed by atoms with E-state index in [0.29, 0.717) is 6.54 Å². The highest BCUT2D eigenvalue weighted by atomic mass is 16.7. The van der Waals surface area contributed by atoms with Gasteiger partial charge in [-0.3, -0.25) is 0 Å². The number of fused-ring (bicyclic) bond motifs is 2. The Labute approximate surface area is 115 Å². The number of benzene rings is 1. The lowest BCUT2D eigenvalue weighted by Gasteiger charge is -1.98. The first-order chi connectivity index (χ1) is 9.83. The third kappa shape index (κ3) is 1.71. The predicted octanol–water partition coefficient (Wildman–Crippen LogP) is 2.19. The Kier molecular flexibility index (Phi) is 2.40. The molecule has 4 rings (SSSR count). The number of aromatic nitrogens is 2. The molecule has 1 aromatic carbocycles. The second kappa shape index (κ2) is 4.25. The molecule has 20 heavy (non-hydrogen) atoms. The normalized spacial score (nSPS) is 13.1. The van der Waals surface area contributed by atoms with Gasteiger partial charge < -0.3 is 19.6 Å². The highest BCUT2D eigenvalue weighted by Gasteiger charge is 2.15. The molecule has 0 unspecified atom stereocenters. The number of imidazole rings is 1. The summed E-state index contributed by atoms with van der Waals surface area (Å²) in [5.41, 5.74) is 9.52. The van der Waals surface area contributed by atoms with Gasteiger partial charge in [-0.05, 0) is 35.9 Å². The fraction of sp³-hybridized carbons (Fsp3) is 0.133. The van der Waals surface area contributed by atoms with E-state index in [0.717, 1.165) is 34.0 Å². The van der Waals surface area contributed by atoms with E-state index in [4.69, 9.17) is 15.2 Å². The van der Waals surface area contributed by atoms with Crippen molar-refractivity contribution in [3.8, 4) is 22.8 Å². The molecular weight excluding hydrogens is 254 g/mol. The van der Waals surface area contributed by atoms with Crippen molar-refractivity contribution in [2.75, 3.05) is 6.79 Å². The smallest absolute Gasteiger partial charge is 0.231 e. The Bertz CT molecular complexity index is 795. The lowest BCUT2D eigenvalue weighted by atomic mass is 10.1. The number of hydrogen-bond acceptors (Lipinski definition) is 4. The summed E-state index contributed by atoms with van der Waals surface area (Å²) in [6.07, 6.45) is 3.97. The van der Waals surface area contributed by atoms with Crippen LogP contribution in [0.2, 0.25) is 0 Å². The van der Waals surface area contributed by atoms with Crippen LogP contribution < -0.4 is 15.2 Å². The maximum absolute atomic E-state index is 5.65. The predicted molar refractivity (Wildman–Crippen MR) is 74.6 cm³/mol. The van der Waals surface area contributed by atoms with E-state index in [9.17, 15) is 0 Å². The zero-order chi connectivity index (χ0) is 13.5. The van der Waals surface area contributed by atoms with Gasteiger partial charge in [-0.25, -0.2) is 4.98 Å². The van der Waals surface area contributed by atoms with Crippen LogP contribution in [0.25, 0.3) is 16.9 Å². The first kappa shape index (κ1) is 11.3. The molecule has 3 aromatic rings. The molecule has 0 saturated heterocycles. The van der Waals surface area contributed by atoms with Gasteiger partial charge >= 0.3 is 0 Å². The van der Waals surface area contributed by atoms with Gasteiger partial charge in [0.25, 0.3) is 0 Å². The lowest BCUT2D eigenvalue weighted by Crippen LogP contribution is -1.96. The van der Waals surface area contributed by atoms with Gasteiger partial charge in [0.2, 0.25) is 6.79 Å². The molecular formula is C15H13N3O2. The molecule has 3 heterocycles. The van der Waals surface area contributed by atoms with Crippen LogP contribution in [0.5, 0.6) is 11.5 Å². The SMILES string of the molecule is NCc1ccn2cc(-c3ccc4c(c3)OCO4)nc2c1. The molecule has 1 aliphatic rings. The number of pyridine rings is 1. The van der Waals surface area contributed by atoms with Gasteiger partial charge in [-0.2, -0.15) is 0 Å². The van der Waals surface area contributed by atoms with E-state index in [-0.39, 0.29) is 6.79 Å². The summed E-state index contributed by atoms with van der Waals surface area (Å²) in [5.74, 6) is 1.55. The number of nitrogens with two attached hydrogens (primary N) is 1. The Hall–Kier alpha value is -2.53. The van der Waals surface area contributed by atoms with E-state index < -0.39 is 0 Å². The quantitative estimate of drug-likeness (QED) is 0.773. The Morgan fingerprint density at radius 3 is 2.95 bits per heavy atom. The van der Waals surface area contributed by atoms with Crippen LogP contribution in [0.1, 0.15) is 5.56 Å². The molecule has 0 spiro atoms.